The van der Waals surface area contributed by atoms with Gasteiger partial charge in [0.25, 0.3) is 0 Å². The molecule has 0 radical (unpaired) electrons. The number of nitrogens with one attached hydrogen (secondary N) is 1. The number of hydrogen-bond acceptors (Lipinski definition) is 3. The highest BCUT2D eigenvalue weighted by atomic mass is 19.1. The first-order chi connectivity index (χ1) is 10.1. The van der Waals surface area contributed by atoms with Gasteiger partial charge in [0.05, 0.1) is 6.61 Å². The van der Waals surface area contributed by atoms with Crippen molar-refractivity contribution in [1.82, 2.24) is 10.2 Å². The molecule has 1 aliphatic heterocycles. The number of para-hydroxylation sites is 1. The quantitative estimate of drug-likeness (QED) is 0.847. The molecule has 0 aliphatic carbocycles. The Morgan fingerprint density at radius 1 is 1.33 bits per heavy atom. The Morgan fingerprint density at radius 2 is 2.00 bits per heavy atom. The number of piperazine rings is 1. The third kappa shape index (κ3) is 4.70. The van der Waals surface area contributed by atoms with Crippen LogP contribution in [0.2, 0.25) is 0 Å². The molecular weight excluding hydrogens is 271 g/mol. The maximum atomic E-state index is 13.3. The zero-order chi connectivity index (χ0) is 15.2. The average molecular weight is 294 g/mol. The highest BCUT2D eigenvalue weighted by Gasteiger charge is 2.24. The summed E-state index contributed by atoms with van der Waals surface area (Å²) in [6, 6.07) is 6.96. The fraction of sp³-hybridized carbons (Fsp3) is 0.562. The van der Waals surface area contributed by atoms with Gasteiger partial charge in [-0.05, 0) is 32.4 Å². The molecule has 2 atom stereocenters. The van der Waals surface area contributed by atoms with Crippen LogP contribution in [0.25, 0.3) is 0 Å². The molecule has 1 aromatic rings. The molecule has 1 saturated heterocycles. The topological polar surface area (TPSA) is 41.6 Å². The van der Waals surface area contributed by atoms with Crippen molar-refractivity contribution >= 4 is 5.91 Å². The third-order valence-corrected chi connectivity index (χ3v) is 3.54. The summed E-state index contributed by atoms with van der Waals surface area (Å²) in [6.07, 6.45) is 1.04. The van der Waals surface area contributed by atoms with Gasteiger partial charge >= 0.3 is 0 Å². The Kier molecular flexibility index (Phi) is 5.56. The molecule has 0 spiro atoms. The van der Waals surface area contributed by atoms with Crippen LogP contribution >= 0.6 is 0 Å². The number of carbonyl (C=O) groups is 1. The molecule has 1 fully saturated rings. The number of halogens is 1. The summed E-state index contributed by atoms with van der Waals surface area (Å²) in [6.45, 7) is 6.01. The number of benzene rings is 1. The molecule has 0 aromatic heterocycles. The molecule has 1 N–H and O–H groups in total. The molecule has 0 bridgehead atoms. The number of hydrogen-bond donors (Lipinski definition) is 1. The Hall–Kier alpha value is -1.62. The smallest absolute Gasteiger partial charge is 0.222 e. The van der Waals surface area contributed by atoms with E-state index in [1.165, 1.54) is 6.07 Å². The average Bonchev–Trinajstić information content (AvgIpc) is 2.44. The lowest BCUT2D eigenvalue weighted by Gasteiger charge is -2.36. The van der Waals surface area contributed by atoms with Gasteiger partial charge in [-0.25, -0.2) is 4.39 Å². The van der Waals surface area contributed by atoms with Gasteiger partial charge in [-0.15, -0.1) is 0 Å². The van der Waals surface area contributed by atoms with E-state index in [2.05, 4.69) is 19.2 Å². The molecule has 2 rings (SSSR count). The molecule has 1 heterocycles. The minimum atomic E-state index is -0.367. The van der Waals surface area contributed by atoms with Gasteiger partial charge in [-0.1, -0.05) is 12.1 Å². The zero-order valence-corrected chi connectivity index (χ0v) is 12.6. The predicted molar refractivity (Wildman–Crippen MR) is 79.8 cm³/mol. The minimum Gasteiger partial charge on any atom is -0.491 e. The lowest BCUT2D eigenvalue weighted by Crippen LogP contribution is -2.55. The second-order valence-corrected chi connectivity index (χ2v) is 5.65. The van der Waals surface area contributed by atoms with Gasteiger partial charge in [0.15, 0.2) is 11.6 Å². The van der Waals surface area contributed by atoms with Crippen LogP contribution in [0.4, 0.5) is 4.39 Å². The van der Waals surface area contributed by atoms with Crippen LogP contribution in [0.5, 0.6) is 5.75 Å². The highest BCUT2D eigenvalue weighted by Crippen LogP contribution is 2.16. The summed E-state index contributed by atoms with van der Waals surface area (Å²) < 4.78 is 18.7. The van der Waals surface area contributed by atoms with Crippen LogP contribution in [0.15, 0.2) is 24.3 Å². The molecule has 116 valence electrons. The normalized spacial score (nSPS) is 22.1. The minimum absolute atomic E-state index is 0.146. The fourth-order valence-electron chi connectivity index (χ4n) is 2.66. The summed E-state index contributed by atoms with van der Waals surface area (Å²) in [5, 5.41) is 3.40. The van der Waals surface area contributed by atoms with Gasteiger partial charge in [0.1, 0.15) is 0 Å². The number of carbonyl (C=O) groups excluding carboxylic acids is 1. The largest absolute Gasteiger partial charge is 0.491 e. The number of nitrogens with zero attached hydrogens (tertiary/aromatic N) is 1. The molecule has 0 saturated carbocycles. The monoisotopic (exact) mass is 294 g/mol. The Balaban J connectivity index is 1.71. The molecular formula is C16H23FN2O2. The van der Waals surface area contributed by atoms with Crippen molar-refractivity contribution in [3.63, 3.8) is 0 Å². The van der Waals surface area contributed by atoms with Gasteiger partial charge in [-0.2, -0.15) is 0 Å². The van der Waals surface area contributed by atoms with E-state index in [0.29, 0.717) is 31.5 Å². The van der Waals surface area contributed by atoms with E-state index in [1.807, 2.05) is 4.90 Å². The molecule has 1 aliphatic rings. The molecule has 5 heteroatoms. The van der Waals surface area contributed by atoms with Crippen LogP contribution in [0.1, 0.15) is 26.7 Å². The van der Waals surface area contributed by atoms with E-state index in [-0.39, 0.29) is 17.5 Å². The van der Waals surface area contributed by atoms with Crippen LogP contribution in [-0.4, -0.2) is 42.6 Å². The van der Waals surface area contributed by atoms with Gasteiger partial charge in [0.2, 0.25) is 5.91 Å². The zero-order valence-electron chi connectivity index (χ0n) is 12.6. The third-order valence-electron chi connectivity index (χ3n) is 3.54. The van der Waals surface area contributed by atoms with Crippen molar-refractivity contribution in [2.45, 2.75) is 38.8 Å². The summed E-state index contributed by atoms with van der Waals surface area (Å²) >= 11 is 0. The van der Waals surface area contributed by atoms with E-state index >= 15 is 0 Å². The maximum absolute atomic E-state index is 13.3. The fourth-order valence-corrected chi connectivity index (χ4v) is 2.66. The van der Waals surface area contributed by atoms with Crippen LogP contribution < -0.4 is 10.1 Å². The van der Waals surface area contributed by atoms with Gasteiger partial charge < -0.3 is 15.0 Å². The predicted octanol–water partition coefficient (Wildman–Crippen LogP) is 2.19. The molecule has 4 nitrogen and oxygen atoms in total. The lowest BCUT2D eigenvalue weighted by atomic mass is 10.1. The standard InChI is InChI=1S/C16H23FN2O2/c1-12-10-19(11-13(2)18-12)16(20)8-5-9-21-15-7-4-3-6-14(15)17/h3-4,6-7,12-13,18H,5,8-11H2,1-2H3/t12-,13-/m1/s1. The van der Waals surface area contributed by atoms with Crippen molar-refractivity contribution in [3.8, 4) is 5.75 Å². The summed E-state index contributed by atoms with van der Waals surface area (Å²) in [7, 11) is 0. The first-order valence-corrected chi connectivity index (χ1v) is 7.47. The molecule has 0 unspecified atom stereocenters. The highest BCUT2D eigenvalue weighted by molar-refractivity contribution is 5.76. The second kappa shape index (κ2) is 7.41. The molecule has 1 amide bonds. The molecule has 1 aromatic carbocycles. The Bertz CT molecular complexity index is 471. The molecule has 21 heavy (non-hydrogen) atoms. The van der Waals surface area contributed by atoms with Crippen LogP contribution in [-0.2, 0) is 4.79 Å². The van der Waals surface area contributed by atoms with E-state index in [1.54, 1.807) is 18.2 Å². The number of rotatable bonds is 5. The maximum Gasteiger partial charge on any atom is 0.222 e. The summed E-state index contributed by atoms with van der Waals surface area (Å²) in [5.41, 5.74) is 0. The summed E-state index contributed by atoms with van der Waals surface area (Å²) in [5.74, 6) is 0.0234. The van der Waals surface area contributed by atoms with E-state index < -0.39 is 0 Å². The van der Waals surface area contributed by atoms with Gasteiger partial charge in [-0.3, -0.25) is 4.79 Å². The summed E-state index contributed by atoms with van der Waals surface area (Å²) in [4.78, 5) is 14.0. The van der Waals surface area contributed by atoms with E-state index in [9.17, 15) is 9.18 Å². The number of ether oxygens (including phenoxy) is 1. The Morgan fingerprint density at radius 3 is 2.67 bits per heavy atom. The van der Waals surface area contributed by atoms with Crippen molar-refractivity contribution < 1.29 is 13.9 Å². The van der Waals surface area contributed by atoms with Crippen molar-refractivity contribution in [1.29, 1.82) is 0 Å². The van der Waals surface area contributed by atoms with Crippen molar-refractivity contribution in [3.05, 3.63) is 30.1 Å². The van der Waals surface area contributed by atoms with E-state index in [0.717, 1.165) is 13.1 Å². The van der Waals surface area contributed by atoms with Gasteiger partial charge in [0, 0.05) is 31.6 Å². The van der Waals surface area contributed by atoms with Crippen molar-refractivity contribution in [2.24, 2.45) is 0 Å². The SMILES string of the molecule is C[C@@H]1CN(C(=O)CCCOc2ccccc2F)C[C@@H](C)N1. The first kappa shape index (κ1) is 15.8. The lowest BCUT2D eigenvalue weighted by molar-refractivity contribution is -0.133. The first-order valence-electron chi connectivity index (χ1n) is 7.47. The van der Waals surface area contributed by atoms with Crippen LogP contribution in [0.3, 0.4) is 0 Å². The number of amides is 1. The van der Waals surface area contributed by atoms with Crippen molar-refractivity contribution in [2.75, 3.05) is 19.7 Å². The van der Waals surface area contributed by atoms with Crippen LogP contribution in [0, 0.1) is 5.82 Å². The second-order valence-electron chi connectivity index (χ2n) is 5.65. The van der Waals surface area contributed by atoms with E-state index in [4.69, 9.17) is 4.74 Å². The Labute approximate surface area is 125 Å².